The average molecular weight is 453 g/mol. The van der Waals surface area contributed by atoms with Crippen LogP contribution >= 0.6 is 11.6 Å². The lowest BCUT2D eigenvalue weighted by Gasteiger charge is -2.10. The summed E-state index contributed by atoms with van der Waals surface area (Å²) in [4.78, 5) is 7.80. The molecule has 8 nitrogen and oxygen atoms in total. The SMILES string of the molecule is Cc1ccnc(NS(=O)(=O)c2ccc(NS(=O)(=O)Cc3ccc(Cl)cc3)cc2)n1. The molecule has 0 spiro atoms. The predicted molar refractivity (Wildman–Crippen MR) is 112 cm³/mol. The number of aryl methyl sites for hydroxylation is 1. The molecule has 0 atom stereocenters. The number of nitrogens with zero attached hydrogens (tertiary/aromatic N) is 2. The van der Waals surface area contributed by atoms with Gasteiger partial charge in [0.2, 0.25) is 16.0 Å². The Morgan fingerprint density at radius 1 is 0.897 bits per heavy atom. The highest BCUT2D eigenvalue weighted by Gasteiger charge is 2.17. The summed E-state index contributed by atoms with van der Waals surface area (Å²) >= 11 is 5.80. The van der Waals surface area contributed by atoms with Gasteiger partial charge in [0, 0.05) is 22.6 Å². The molecule has 1 aromatic heterocycles. The molecule has 2 aromatic carbocycles. The average Bonchev–Trinajstić information content (AvgIpc) is 2.63. The second-order valence-corrected chi connectivity index (χ2v) is 9.98. The van der Waals surface area contributed by atoms with Crippen LogP contribution in [0.3, 0.4) is 0 Å². The number of halogens is 1. The zero-order valence-corrected chi connectivity index (χ0v) is 17.6. The number of hydrogen-bond donors (Lipinski definition) is 2. The van der Waals surface area contributed by atoms with Gasteiger partial charge in [0.05, 0.1) is 10.6 Å². The van der Waals surface area contributed by atoms with Gasteiger partial charge in [-0.25, -0.2) is 31.5 Å². The normalized spacial score (nSPS) is 11.8. The Morgan fingerprint density at radius 2 is 1.55 bits per heavy atom. The van der Waals surface area contributed by atoms with Crippen LogP contribution in [0.5, 0.6) is 0 Å². The maximum absolute atomic E-state index is 12.4. The van der Waals surface area contributed by atoms with Crippen molar-refractivity contribution in [3.63, 3.8) is 0 Å². The number of benzene rings is 2. The van der Waals surface area contributed by atoms with Gasteiger partial charge in [-0.1, -0.05) is 23.7 Å². The standard InChI is InChI=1S/C18H17ClN4O4S2/c1-13-10-11-20-18(21-13)23-29(26,27)17-8-6-16(7-9-17)22-28(24,25)12-14-2-4-15(19)5-3-14/h2-11,22H,12H2,1H3,(H,20,21,23). The van der Waals surface area contributed by atoms with Crippen LogP contribution in [-0.2, 0) is 25.8 Å². The number of nitrogens with one attached hydrogen (secondary N) is 2. The molecule has 0 fully saturated rings. The molecule has 0 bridgehead atoms. The van der Waals surface area contributed by atoms with Crippen LogP contribution in [0.25, 0.3) is 0 Å². The minimum atomic E-state index is -3.91. The highest BCUT2D eigenvalue weighted by Crippen LogP contribution is 2.19. The number of rotatable bonds is 7. The first-order chi connectivity index (χ1) is 13.6. The Kier molecular flexibility index (Phi) is 6.06. The van der Waals surface area contributed by atoms with Crippen LogP contribution in [0.15, 0.2) is 65.7 Å². The molecule has 0 saturated heterocycles. The second kappa shape index (κ2) is 8.36. The van der Waals surface area contributed by atoms with Gasteiger partial charge in [0.1, 0.15) is 0 Å². The number of anilines is 2. The monoisotopic (exact) mass is 452 g/mol. The molecule has 0 saturated carbocycles. The number of hydrogen-bond acceptors (Lipinski definition) is 6. The van der Waals surface area contributed by atoms with Gasteiger partial charge in [0.25, 0.3) is 10.0 Å². The lowest BCUT2D eigenvalue weighted by Crippen LogP contribution is -2.16. The molecule has 11 heteroatoms. The minimum absolute atomic E-state index is 0.0438. The number of aromatic nitrogens is 2. The van der Waals surface area contributed by atoms with Crippen molar-refractivity contribution in [2.75, 3.05) is 9.44 Å². The third-order valence-corrected chi connectivity index (χ3v) is 6.58. The Morgan fingerprint density at radius 3 is 2.17 bits per heavy atom. The summed E-state index contributed by atoms with van der Waals surface area (Å²) in [6.07, 6.45) is 1.44. The van der Waals surface area contributed by atoms with Crippen molar-refractivity contribution < 1.29 is 16.8 Å². The molecule has 0 aliphatic carbocycles. The third-order valence-electron chi connectivity index (χ3n) is 3.73. The van der Waals surface area contributed by atoms with Crippen molar-refractivity contribution in [1.82, 2.24) is 9.97 Å². The van der Waals surface area contributed by atoms with E-state index in [-0.39, 0.29) is 22.3 Å². The predicted octanol–water partition coefficient (Wildman–Crippen LogP) is 3.18. The maximum Gasteiger partial charge on any atom is 0.264 e. The fraction of sp³-hybridized carbons (Fsp3) is 0.111. The van der Waals surface area contributed by atoms with E-state index in [0.29, 0.717) is 16.3 Å². The van der Waals surface area contributed by atoms with Gasteiger partial charge < -0.3 is 0 Å². The molecule has 0 radical (unpaired) electrons. The second-order valence-electron chi connectivity index (χ2n) is 6.14. The van der Waals surface area contributed by atoms with E-state index in [2.05, 4.69) is 19.4 Å². The van der Waals surface area contributed by atoms with E-state index in [4.69, 9.17) is 11.6 Å². The summed E-state index contributed by atoms with van der Waals surface area (Å²) in [5, 5.41) is 0.514. The van der Waals surface area contributed by atoms with Crippen molar-refractivity contribution in [2.24, 2.45) is 0 Å². The topological polar surface area (TPSA) is 118 Å². The van der Waals surface area contributed by atoms with E-state index < -0.39 is 20.0 Å². The molecule has 1 heterocycles. The molecule has 0 aliphatic heterocycles. The highest BCUT2D eigenvalue weighted by molar-refractivity contribution is 7.92. The first kappa shape index (κ1) is 21.0. The molecule has 152 valence electrons. The van der Waals surface area contributed by atoms with Crippen LogP contribution in [0, 0.1) is 6.92 Å². The van der Waals surface area contributed by atoms with Crippen LogP contribution in [0.1, 0.15) is 11.3 Å². The van der Waals surface area contributed by atoms with Gasteiger partial charge >= 0.3 is 0 Å². The van der Waals surface area contributed by atoms with Gasteiger partial charge in [0.15, 0.2) is 0 Å². The van der Waals surface area contributed by atoms with Gasteiger partial charge in [-0.3, -0.25) is 4.72 Å². The van der Waals surface area contributed by atoms with Crippen LogP contribution in [0.2, 0.25) is 5.02 Å². The number of sulfonamides is 2. The summed E-state index contributed by atoms with van der Waals surface area (Å²) in [6, 6.07) is 13.4. The summed E-state index contributed by atoms with van der Waals surface area (Å²) in [5.41, 5.74) is 1.43. The first-order valence-electron chi connectivity index (χ1n) is 8.30. The van der Waals surface area contributed by atoms with E-state index in [0.717, 1.165) is 0 Å². The first-order valence-corrected chi connectivity index (χ1v) is 11.8. The van der Waals surface area contributed by atoms with Crippen molar-refractivity contribution >= 4 is 43.3 Å². The summed E-state index contributed by atoms with van der Waals surface area (Å²) in [6.45, 7) is 1.71. The smallest absolute Gasteiger partial charge is 0.264 e. The van der Waals surface area contributed by atoms with Gasteiger partial charge in [-0.05, 0) is 55.0 Å². The van der Waals surface area contributed by atoms with E-state index in [9.17, 15) is 16.8 Å². The van der Waals surface area contributed by atoms with Crippen molar-refractivity contribution in [3.8, 4) is 0 Å². The maximum atomic E-state index is 12.4. The summed E-state index contributed by atoms with van der Waals surface area (Å²) < 4.78 is 54.2. The Hall–Kier alpha value is -2.69. The molecular weight excluding hydrogens is 436 g/mol. The van der Waals surface area contributed by atoms with Gasteiger partial charge in [-0.15, -0.1) is 0 Å². The highest BCUT2D eigenvalue weighted by atomic mass is 35.5. The van der Waals surface area contributed by atoms with Crippen molar-refractivity contribution in [2.45, 2.75) is 17.6 Å². The molecule has 2 N–H and O–H groups in total. The Bertz CT molecular complexity index is 1210. The summed E-state index contributed by atoms with van der Waals surface area (Å²) in [5.74, 6) is -0.283. The summed E-state index contributed by atoms with van der Waals surface area (Å²) in [7, 11) is -7.59. The van der Waals surface area contributed by atoms with E-state index in [1.807, 2.05) is 0 Å². The minimum Gasteiger partial charge on any atom is -0.283 e. The van der Waals surface area contributed by atoms with Crippen molar-refractivity contribution in [3.05, 3.63) is 77.1 Å². The van der Waals surface area contributed by atoms with Gasteiger partial charge in [-0.2, -0.15) is 0 Å². The zero-order chi connectivity index (χ0) is 21.1. The molecule has 29 heavy (non-hydrogen) atoms. The Labute approximate surface area is 174 Å². The zero-order valence-electron chi connectivity index (χ0n) is 15.2. The Balaban J connectivity index is 1.71. The molecule has 3 rings (SSSR count). The van der Waals surface area contributed by atoms with E-state index >= 15 is 0 Å². The van der Waals surface area contributed by atoms with E-state index in [1.165, 1.54) is 30.5 Å². The lowest BCUT2D eigenvalue weighted by molar-refractivity contribution is 0.599. The van der Waals surface area contributed by atoms with Crippen molar-refractivity contribution in [1.29, 1.82) is 0 Å². The lowest BCUT2D eigenvalue weighted by atomic mass is 10.2. The van der Waals surface area contributed by atoms with Crippen LogP contribution in [0.4, 0.5) is 11.6 Å². The largest absolute Gasteiger partial charge is 0.283 e. The fourth-order valence-corrected chi connectivity index (χ4v) is 4.67. The van der Waals surface area contributed by atoms with Crippen LogP contribution < -0.4 is 9.44 Å². The molecular formula is C18H17ClN4O4S2. The molecule has 3 aromatic rings. The quantitative estimate of drug-likeness (QED) is 0.568. The molecule has 0 unspecified atom stereocenters. The van der Waals surface area contributed by atoms with E-state index in [1.54, 1.807) is 37.3 Å². The van der Waals surface area contributed by atoms with Crippen LogP contribution in [-0.4, -0.2) is 26.8 Å². The third kappa shape index (κ3) is 5.89. The molecule has 0 amide bonds. The fourth-order valence-electron chi connectivity index (χ4n) is 2.40. The molecule has 0 aliphatic rings.